The molecular formula is C12H15N3O3. The molecule has 96 valence electrons. The van der Waals surface area contributed by atoms with Gasteiger partial charge in [-0.05, 0) is 26.1 Å². The highest BCUT2D eigenvalue weighted by molar-refractivity contribution is 5.90. The van der Waals surface area contributed by atoms with Crippen molar-refractivity contribution in [2.24, 2.45) is 0 Å². The highest BCUT2D eigenvalue weighted by Crippen LogP contribution is 2.08. The van der Waals surface area contributed by atoms with E-state index < -0.39 is 0 Å². The topological polar surface area (TPSA) is 71.5 Å². The molecule has 0 fully saturated rings. The highest BCUT2D eigenvalue weighted by atomic mass is 16.5. The molecule has 2 aromatic rings. The van der Waals surface area contributed by atoms with Gasteiger partial charge < -0.3 is 8.94 Å². The molecule has 2 rings (SSSR count). The van der Waals surface area contributed by atoms with E-state index in [0.717, 1.165) is 11.5 Å². The first-order valence-electron chi connectivity index (χ1n) is 5.57. The van der Waals surface area contributed by atoms with Crippen LogP contribution in [0, 0.1) is 6.92 Å². The summed E-state index contributed by atoms with van der Waals surface area (Å²) in [6, 6.07) is 5.36. The number of rotatable bonds is 5. The summed E-state index contributed by atoms with van der Waals surface area (Å²) in [4.78, 5) is 13.5. The zero-order valence-corrected chi connectivity index (χ0v) is 10.3. The van der Waals surface area contributed by atoms with Gasteiger partial charge in [-0.2, -0.15) is 0 Å². The molecule has 0 aliphatic carbocycles. The Labute approximate surface area is 105 Å². The SMILES string of the molecule is Cc1cc(NC(=O)CN(C)Cc2ccco2)on1. The molecule has 0 spiro atoms. The number of aryl methyl sites for hydroxylation is 1. The summed E-state index contributed by atoms with van der Waals surface area (Å²) in [6.07, 6.45) is 1.61. The number of anilines is 1. The summed E-state index contributed by atoms with van der Waals surface area (Å²) in [6.45, 7) is 2.62. The molecule has 0 atom stereocenters. The molecule has 2 aromatic heterocycles. The van der Waals surface area contributed by atoms with Crippen LogP contribution in [0.3, 0.4) is 0 Å². The number of aromatic nitrogens is 1. The second kappa shape index (κ2) is 5.50. The predicted octanol–water partition coefficient (Wildman–Crippen LogP) is 1.65. The number of carbonyl (C=O) groups excluding carboxylic acids is 1. The first-order valence-corrected chi connectivity index (χ1v) is 5.57. The van der Waals surface area contributed by atoms with Crippen LogP contribution in [0.2, 0.25) is 0 Å². The molecule has 0 aliphatic heterocycles. The van der Waals surface area contributed by atoms with Crippen molar-refractivity contribution in [2.45, 2.75) is 13.5 Å². The Morgan fingerprint density at radius 3 is 3.00 bits per heavy atom. The minimum Gasteiger partial charge on any atom is -0.468 e. The average Bonchev–Trinajstić information content (AvgIpc) is 2.90. The molecule has 0 aromatic carbocycles. The second-order valence-corrected chi connectivity index (χ2v) is 4.13. The minimum absolute atomic E-state index is 0.153. The molecule has 1 N–H and O–H groups in total. The summed E-state index contributed by atoms with van der Waals surface area (Å²) >= 11 is 0. The van der Waals surface area contributed by atoms with Crippen LogP contribution in [-0.4, -0.2) is 29.6 Å². The fourth-order valence-corrected chi connectivity index (χ4v) is 1.57. The molecule has 0 aliphatic rings. The van der Waals surface area contributed by atoms with Gasteiger partial charge in [-0.1, -0.05) is 5.16 Å². The maximum atomic E-state index is 11.7. The van der Waals surface area contributed by atoms with E-state index in [-0.39, 0.29) is 12.5 Å². The lowest BCUT2D eigenvalue weighted by atomic mass is 10.4. The van der Waals surface area contributed by atoms with Gasteiger partial charge in [0.25, 0.3) is 0 Å². The summed E-state index contributed by atoms with van der Waals surface area (Å²) in [5.74, 6) is 1.03. The van der Waals surface area contributed by atoms with Gasteiger partial charge in [-0.3, -0.25) is 15.0 Å². The van der Waals surface area contributed by atoms with Crippen LogP contribution < -0.4 is 5.32 Å². The molecule has 0 bridgehead atoms. The van der Waals surface area contributed by atoms with Crippen molar-refractivity contribution in [1.29, 1.82) is 0 Å². The fourth-order valence-electron chi connectivity index (χ4n) is 1.57. The Kier molecular flexibility index (Phi) is 3.78. The Hall–Kier alpha value is -2.08. The first kappa shape index (κ1) is 12.4. The largest absolute Gasteiger partial charge is 0.468 e. The van der Waals surface area contributed by atoms with Gasteiger partial charge in [0.15, 0.2) is 0 Å². The van der Waals surface area contributed by atoms with E-state index in [2.05, 4.69) is 10.5 Å². The lowest BCUT2D eigenvalue weighted by Gasteiger charge is -2.13. The number of amides is 1. The van der Waals surface area contributed by atoms with Gasteiger partial charge >= 0.3 is 0 Å². The summed E-state index contributed by atoms with van der Waals surface area (Å²) in [7, 11) is 1.84. The smallest absolute Gasteiger partial charge is 0.240 e. The number of carbonyl (C=O) groups is 1. The van der Waals surface area contributed by atoms with Gasteiger partial charge in [-0.25, -0.2) is 0 Å². The molecule has 6 heteroatoms. The van der Waals surface area contributed by atoms with Crippen LogP contribution in [0.5, 0.6) is 0 Å². The van der Waals surface area contributed by atoms with E-state index in [1.54, 1.807) is 19.3 Å². The standard InChI is InChI=1S/C12H15N3O3/c1-9-6-12(18-14-9)13-11(16)8-15(2)7-10-4-3-5-17-10/h3-6H,7-8H2,1-2H3,(H,13,16). The van der Waals surface area contributed by atoms with Crippen molar-refractivity contribution >= 4 is 11.8 Å². The third-order valence-electron chi connectivity index (χ3n) is 2.31. The van der Waals surface area contributed by atoms with Crippen LogP contribution in [0.25, 0.3) is 0 Å². The number of hydrogen-bond donors (Lipinski definition) is 1. The van der Waals surface area contributed by atoms with Crippen molar-refractivity contribution in [2.75, 3.05) is 18.9 Å². The number of likely N-dealkylation sites (N-methyl/N-ethyl adjacent to an activating group) is 1. The molecule has 0 unspecified atom stereocenters. The van der Waals surface area contributed by atoms with Crippen LogP contribution in [0.1, 0.15) is 11.5 Å². The van der Waals surface area contributed by atoms with Crippen molar-refractivity contribution in [3.8, 4) is 0 Å². The van der Waals surface area contributed by atoms with Gasteiger partial charge in [0, 0.05) is 6.07 Å². The maximum Gasteiger partial charge on any atom is 0.240 e. The van der Waals surface area contributed by atoms with Gasteiger partial charge in [0.1, 0.15) is 5.76 Å². The monoisotopic (exact) mass is 249 g/mol. The molecule has 1 amide bonds. The quantitative estimate of drug-likeness (QED) is 0.872. The number of nitrogens with zero attached hydrogens (tertiary/aromatic N) is 2. The number of nitrogens with one attached hydrogen (secondary N) is 1. The lowest BCUT2D eigenvalue weighted by molar-refractivity contribution is -0.117. The van der Waals surface area contributed by atoms with Crippen molar-refractivity contribution < 1.29 is 13.7 Å². The molecule has 2 heterocycles. The van der Waals surface area contributed by atoms with E-state index in [1.165, 1.54) is 0 Å². The van der Waals surface area contributed by atoms with Crippen molar-refractivity contribution in [1.82, 2.24) is 10.1 Å². The molecule has 0 radical (unpaired) electrons. The molecule has 18 heavy (non-hydrogen) atoms. The maximum absolute atomic E-state index is 11.7. The van der Waals surface area contributed by atoms with E-state index >= 15 is 0 Å². The van der Waals surface area contributed by atoms with E-state index in [4.69, 9.17) is 8.94 Å². The minimum atomic E-state index is -0.153. The van der Waals surface area contributed by atoms with Gasteiger partial charge in [0.05, 0.1) is 25.0 Å². The Balaban J connectivity index is 1.80. The zero-order chi connectivity index (χ0) is 13.0. The lowest BCUT2D eigenvalue weighted by Crippen LogP contribution is -2.29. The third kappa shape index (κ3) is 3.46. The van der Waals surface area contributed by atoms with E-state index in [1.807, 2.05) is 24.1 Å². The second-order valence-electron chi connectivity index (χ2n) is 4.13. The normalized spacial score (nSPS) is 10.8. The first-order chi connectivity index (χ1) is 8.63. The Morgan fingerprint density at radius 2 is 2.39 bits per heavy atom. The van der Waals surface area contributed by atoms with E-state index in [0.29, 0.717) is 12.4 Å². The molecule has 0 saturated carbocycles. The third-order valence-corrected chi connectivity index (χ3v) is 2.31. The molecule has 6 nitrogen and oxygen atoms in total. The van der Waals surface area contributed by atoms with Crippen LogP contribution in [-0.2, 0) is 11.3 Å². The predicted molar refractivity (Wildman–Crippen MR) is 64.9 cm³/mol. The van der Waals surface area contributed by atoms with Crippen molar-refractivity contribution in [3.63, 3.8) is 0 Å². The Morgan fingerprint density at radius 1 is 1.56 bits per heavy atom. The van der Waals surface area contributed by atoms with Gasteiger partial charge in [-0.15, -0.1) is 0 Å². The van der Waals surface area contributed by atoms with Crippen LogP contribution in [0.15, 0.2) is 33.4 Å². The van der Waals surface area contributed by atoms with E-state index in [9.17, 15) is 4.79 Å². The summed E-state index contributed by atoms with van der Waals surface area (Å²) in [5, 5.41) is 6.32. The zero-order valence-electron chi connectivity index (χ0n) is 10.3. The number of furan rings is 1. The molecule has 0 saturated heterocycles. The Bertz CT molecular complexity index is 504. The highest BCUT2D eigenvalue weighted by Gasteiger charge is 2.10. The van der Waals surface area contributed by atoms with Crippen molar-refractivity contribution in [3.05, 3.63) is 35.9 Å². The fraction of sp³-hybridized carbons (Fsp3) is 0.333. The molecular weight excluding hydrogens is 234 g/mol. The summed E-state index contributed by atoms with van der Waals surface area (Å²) < 4.78 is 10.1. The number of hydrogen-bond acceptors (Lipinski definition) is 5. The van der Waals surface area contributed by atoms with Crippen LogP contribution >= 0.6 is 0 Å². The van der Waals surface area contributed by atoms with Crippen LogP contribution in [0.4, 0.5) is 5.88 Å². The summed E-state index contributed by atoms with van der Waals surface area (Å²) in [5.41, 5.74) is 0.731. The average molecular weight is 249 g/mol. The van der Waals surface area contributed by atoms with Gasteiger partial charge in [0.2, 0.25) is 11.8 Å².